The van der Waals surface area contributed by atoms with Crippen molar-refractivity contribution in [2.45, 2.75) is 27.4 Å². The fraction of sp³-hybridized carbons (Fsp3) is 0.190. The molecular formula is C21H19ClN2O3S. The predicted molar refractivity (Wildman–Crippen MR) is 111 cm³/mol. The molecule has 0 N–H and O–H groups in total. The number of halogens is 1. The number of esters is 1. The molecule has 1 heterocycles. The molecule has 2 aromatic carbocycles. The Morgan fingerprint density at radius 3 is 2.50 bits per heavy atom. The van der Waals surface area contributed by atoms with E-state index in [0.29, 0.717) is 27.1 Å². The minimum atomic E-state index is -0.403. The summed E-state index contributed by atoms with van der Waals surface area (Å²) in [6.07, 6.45) is 0. The quantitative estimate of drug-likeness (QED) is 0.520. The largest absolute Gasteiger partial charge is 0.456 e. The molecule has 0 spiro atoms. The van der Waals surface area contributed by atoms with Crippen molar-refractivity contribution in [3.05, 3.63) is 75.3 Å². The van der Waals surface area contributed by atoms with Gasteiger partial charge in [0.1, 0.15) is 6.61 Å². The zero-order chi connectivity index (χ0) is 20.3. The van der Waals surface area contributed by atoms with Gasteiger partial charge in [-0.15, -0.1) is 11.3 Å². The molecule has 0 aliphatic heterocycles. The number of hydrogen-bond acceptors (Lipinski definition) is 5. The van der Waals surface area contributed by atoms with E-state index < -0.39 is 5.97 Å². The summed E-state index contributed by atoms with van der Waals surface area (Å²) in [6.45, 7) is 5.36. The summed E-state index contributed by atoms with van der Waals surface area (Å²) < 4.78 is 5.38. The van der Waals surface area contributed by atoms with Crippen LogP contribution < -0.4 is 4.90 Å². The molecule has 1 amide bonds. The summed E-state index contributed by atoms with van der Waals surface area (Å²) in [6, 6.07) is 12.6. The number of aryl methyl sites for hydroxylation is 2. The van der Waals surface area contributed by atoms with Crippen LogP contribution in [0.2, 0.25) is 5.02 Å². The topological polar surface area (TPSA) is 59.5 Å². The van der Waals surface area contributed by atoms with Crippen molar-refractivity contribution in [1.29, 1.82) is 0 Å². The fourth-order valence-corrected chi connectivity index (χ4v) is 3.88. The summed E-state index contributed by atoms with van der Waals surface area (Å²) in [5.74, 6) is -0.588. The maximum absolute atomic E-state index is 12.3. The van der Waals surface area contributed by atoms with Crippen molar-refractivity contribution in [2.24, 2.45) is 0 Å². The Morgan fingerprint density at radius 1 is 1.14 bits per heavy atom. The van der Waals surface area contributed by atoms with Crippen LogP contribution in [-0.2, 0) is 16.1 Å². The molecule has 0 atom stereocenters. The van der Waals surface area contributed by atoms with Crippen LogP contribution >= 0.6 is 22.9 Å². The van der Waals surface area contributed by atoms with Crippen molar-refractivity contribution < 1.29 is 14.3 Å². The van der Waals surface area contributed by atoms with Crippen LogP contribution in [0.4, 0.5) is 10.8 Å². The van der Waals surface area contributed by atoms with Gasteiger partial charge in [0.2, 0.25) is 5.91 Å². The lowest BCUT2D eigenvalue weighted by molar-refractivity contribution is -0.115. The Morgan fingerprint density at radius 2 is 1.86 bits per heavy atom. The number of amides is 1. The van der Waals surface area contributed by atoms with Crippen molar-refractivity contribution in [3.8, 4) is 0 Å². The molecule has 144 valence electrons. The monoisotopic (exact) mass is 414 g/mol. The summed E-state index contributed by atoms with van der Waals surface area (Å²) >= 11 is 7.34. The lowest BCUT2D eigenvalue weighted by Gasteiger charge is -2.18. The molecule has 1 aromatic heterocycles. The van der Waals surface area contributed by atoms with Crippen LogP contribution in [0.25, 0.3) is 0 Å². The average Bonchev–Trinajstić information content (AvgIpc) is 3.07. The van der Waals surface area contributed by atoms with Gasteiger partial charge in [0.05, 0.1) is 16.9 Å². The van der Waals surface area contributed by atoms with E-state index >= 15 is 0 Å². The Kier molecular flexibility index (Phi) is 6.11. The molecule has 28 heavy (non-hydrogen) atoms. The summed E-state index contributed by atoms with van der Waals surface area (Å²) in [7, 11) is 0. The maximum atomic E-state index is 12.3. The van der Waals surface area contributed by atoms with Crippen molar-refractivity contribution >= 4 is 45.6 Å². The first-order valence-corrected chi connectivity index (χ1v) is 9.85. The summed E-state index contributed by atoms with van der Waals surface area (Å²) in [5, 5.41) is 2.79. The van der Waals surface area contributed by atoms with Gasteiger partial charge in [0.25, 0.3) is 0 Å². The van der Waals surface area contributed by atoms with E-state index in [1.54, 1.807) is 41.8 Å². The van der Waals surface area contributed by atoms with Crippen molar-refractivity contribution in [1.82, 2.24) is 4.98 Å². The van der Waals surface area contributed by atoms with Crippen molar-refractivity contribution in [2.75, 3.05) is 4.90 Å². The second kappa shape index (κ2) is 8.54. The minimum absolute atomic E-state index is 0.0314. The van der Waals surface area contributed by atoms with Crippen LogP contribution in [0.5, 0.6) is 0 Å². The highest BCUT2D eigenvalue weighted by Gasteiger charge is 2.19. The fourth-order valence-electron chi connectivity index (χ4n) is 2.82. The van der Waals surface area contributed by atoms with E-state index in [1.165, 1.54) is 23.2 Å². The first-order valence-electron chi connectivity index (χ1n) is 8.59. The third-order valence-corrected chi connectivity index (χ3v) is 5.03. The molecule has 0 radical (unpaired) electrons. The van der Waals surface area contributed by atoms with E-state index in [0.717, 1.165) is 11.1 Å². The highest BCUT2D eigenvalue weighted by atomic mass is 35.5. The molecule has 0 aliphatic carbocycles. The van der Waals surface area contributed by atoms with Gasteiger partial charge in [-0.2, -0.15) is 0 Å². The van der Waals surface area contributed by atoms with E-state index in [1.807, 2.05) is 19.9 Å². The first kappa shape index (κ1) is 20.0. The summed E-state index contributed by atoms with van der Waals surface area (Å²) in [5.41, 5.74) is 3.72. The molecule has 0 fully saturated rings. The van der Waals surface area contributed by atoms with E-state index in [9.17, 15) is 9.59 Å². The number of carbonyl (C=O) groups excluding carboxylic acids is 2. The Balaban J connectivity index is 1.74. The number of aromatic nitrogens is 1. The average molecular weight is 415 g/mol. The van der Waals surface area contributed by atoms with E-state index in [2.05, 4.69) is 4.98 Å². The normalized spacial score (nSPS) is 10.6. The predicted octanol–water partition coefficient (Wildman–Crippen LogP) is 5.45. The molecule has 0 bridgehead atoms. The van der Waals surface area contributed by atoms with Crippen LogP contribution in [0.15, 0.2) is 47.8 Å². The molecule has 0 aliphatic rings. The first-order chi connectivity index (χ1) is 13.3. The highest BCUT2D eigenvalue weighted by molar-refractivity contribution is 7.14. The van der Waals surface area contributed by atoms with Gasteiger partial charge in [-0.25, -0.2) is 9.78 Å². The molecule has 3 rings (SSSR count). The number of ether oxygens (including phenoxy) is 1. The SMILES string of the molecule is CC(=O)N(c1cccc(Cl)c1)c1nc(COC(=O)c2cc(C)cc(C)c2)cs1. The van der Waals surface area contributed by atoms with E-state index in [-0.39, 0.29) is 12.5 Å². The lowest BCUT2D eigenvalue weighted by atomic mass is 10.1. The Hall–Kier alpha value is -2.70. The molecule has 0 saturated carbocycles. The van der Waals surface area contributed by atoms with Gasteiger partial charge >= 0.3 is 5.97 Å². The number of hydrogen-bond donors (Lipinski definition) is 0. The number of thiazole rings is 1. The van der Waals surface area contributed by atoms with Gasteiger partial charge in [-0.3, -0.25) is 9.69 Å². The minimum Gasteiger partial charge on any atom is -0.456 e. The standard InChI is InChI=1S/C21H19ClN2O3S/c1-13-7-14(2)9-16(8-13)20(26)27-11-18-12-28-21(23-18)24(15(3)25)19-6-4-5-17(22)10-19/h4-10,12H,11H2,1-3H3. The smallest absolute Gasteiger partial charge is 0.338 e. The zero-order valence-electron chi connectivity index (χ0n) is 15.7. The number of rotatable bonds is 5. The number of benzene rings is 2. The molecular weight excluding hydrogens is 396 g/mol. The third-order valence-electron chi connectivity index (χ3n) is 3.92. The number of nitrogens with zero attached hydrogens (tertiary/aromatic N) is 2. The number of anilines is 2. The highest BCUT2D eigenvalue weighted by Crippen LogP contribution is 2.30. The van der Waals surface area contributed by atoms with Crippen LogP contribution in [0.3, 0.4) is 0 Å². The van der Waals surface area contributed by atoms with Gasteiger partial charge in [0.15, 0.2) is 5.13 Å². The van der Waals surface area contributed by atoms with Crippen LogP contribution in [0, 0.1) is 13.8 Å². The molecule has 5 nitrogen and oxygen atoms in total. The van der Waals surface area contributed by atoms with E-state index in [4.69, 9.17) is 16.3 Å². The summed E-state index contributed by atoms with van der Waals surface area (Å²) in [4.78, 5) is 30.4. The van der Waals surface area contributed by atoms with Crippen LogP contribution in [-0.4, -0.2) is 16.9 Å². The van der Waals surface area contributed by atoms with Gasteiger partial charge in [-0.1, -0.05) is 34.9 Å². The molecule has 0 unspecified atom stereocenters. The van der Waals surface area contributed by atoms with Gasteiger partial charge in [-0.05, 0) is 44.2 Å². The zero-order valence-corrected chi connectivity index (χ0v) is 17.3. The Bertz CT molecular complexity index is 1010. The molecule has 3 aromatic rings. The molecule has 0 saturated heterocycles. The van der Waals surface area contributed by atoms with Crippen LogP contribution in [0.1, 0.15) is 34.1 Å². The lowest BCUT2D eigenvalue weighted by Crippen LogP contribution is -2.22. The number of carbonyl (C=O) groups is 2. The second-order valence-corrected chi connectivity index (χ2v) is 7.68. The maximum Gasteiger partial charge on any atom is 0.338 e. The van der Waals surface area contributed by atoms with Crippen molar-refractivity contribution in [3.63, 3.8) is 0 Å². The van der Waals surface area contributed by atoms with Gasteiger partial charge < -0.3 is 4.74 Å². The molecule has 7 heteroatoms. The third kappa shape index (κ3) is 4.77. The second-order valence-electron chi connectivity index (χ2n) is 6.41. The van der Waals surface area contributed by atoms with Gasteiger partial charge in [0, 0.05) is 17.3 Å². The Labute approximate surface area is 172 Å².